The van der Waals surface area contributed by atoms with Crippen molar-refractivity contribution < 1.29 is 9.84 Å². The summed E-state index contributed by atoms with van der Waals surface area (Å²) >= 11 is 0. The molecule has 1 aliphatic rings. The quantitative estimate of drug-likeness (QED) is 0.416. The van der Waals surface area contributed by atoms with Crippen LogP contribution in [0.1, 0.15) is 24.1 Å². The lowest BCUT2D eigenvalue weighted by Gasteiger charge is -2.28. The number of phenols is 1. The average molecular weight is 403 g/mol. The van der Waals surface area contributed by atoms with E-state index in [1.807, 2.05) is 37.3 Å². The summed E-state index contributed by atoms with van der Waals surface area (Å²) in [5, 5.41) is 31.9. The van der Waals surface area contributed by atoms with Crippen molar-refractivity contribution in [2.45, 2.75) is 13.0 Å². The highest BCUT2D eigenvalue weighted by Gasteiger charge is 2.34. The van der Waals surface area contributed by atoms with Gasteiger partial charge in [0, 0.05) is 11.1 Å². The standard InChI is InChI=1S/C20H17N7O3/c1-2-30-14-10-12(8-9-13(14)28)18-15-16(11-6-4-3-5-7-11)22-23-19(29)17(15)21-20-24-25-26-27(18)20/h3-10,18,28H,2H2,1H3,(H,23,29)(H,21,24,26)/t18-/m1/s1. The molecule has 0 aliphatic carbocycles. The Morgan fingerprint density at radius 3 is 2.83 bits per heavy atom. The van der Waals surface area contributed by atoms with Gasteiger partial charge in [-0.1, -0.05) is 41.5 Å². The summed E-state index contributed by atoms with van der Waals surface area (Å²) in [4.78, 5) is 12.7. The average Bonchev–Trinajstić information content (AvgIpc) is 3.24. The molecule has 30 heavy (non-hydrogen) atoms. The van der Waals surface area contributed by atoms with Crippen LogP contribution < -0.4 is 15.6 Å². The first-order valence-corrected chi connectivity index (χ1v) is 9.36. The van der Waals surface area contributed by atoms with Crippen molar-refractivity contribution in [3.8, 4) is 22.8 Å². The molecule has 0 saturated carbocycles. The molecular weight excluding hydrogens is 386 g/mol. The highest BCUT2D eigenvalue weighted by molar-refractivity contribution is 5.75. The number of aromatic nitrogens is 6. The van der Waals surface area contributed by atoms with E-state index in [0.29, 0.717) is 35.2 Å². The third-order valence-corrected chi connectivity index (χ3v) is 4.92. The molecule has 5 rings (SSSR count). The number of aromatic hydroxyl groups is 1. The van der Waals surface area contributed by atoms with E-state index in [1.54, 1.807) is 22.9 Å². The molecule has 3 heterocycles. The molecule has 2 aromatic heterocycles. The second kappa shape index (κ2) is 6.99. The molecule has 3 N–H and O–H groups in total. The molecule has 0 fully saturated rings. The minimum Gasteiger partial charge on any atom is -0.504 e. The van der Waals surface area contributed by atoms with Crippen LogP contribution in [0.2, 0.25) is 0 Å². The molecule has 10 heteroatoms. The molecular formula is C20H17N7O3. The van der Waals surface area contributed by atoms with E-state index in [4.69, 9.17) is 4.74 Å². The minimum absolute atomic E-state index is 0.0269. The number of nitrogens with zero attached hydrogens (tertiary/aromatic N) is 5. The van der Waals surface area contributed by atoms with Crippen LogP contribution in [-0.4, -0.2) is 42.1 Å². The van der Waals surface area contributed by atoms with Crippen LogP contribution >= 0.6 is 0 Å². The number of tetrazole rings is 1. The molecule has 1 atom stereocenters. The highest BCUT2D eigenvalue weighted by Crippen LogP contribution is 2.42. The largest absolute Gasteiger partial charge is 0.504 e. The van der Waals surface area contributed by atoms with E-state index in [2.05, 4.69) is 31.0 Å². The van der Waals surface area contributed by atoms with Gasteiger partial charge in [-0.25, -0.2) is 5.10 Å². The van der Waals surface area contributed by atoms with Gasteiger partial charge in [0.05, 0.1) is 12.3 Å². The van der Waals surface area contributed by atoms with Crippen molar-refractivity contribution >= 4 is 11.6 Å². The Kier molecular flexibility index (Phi) is 4.16. The SMILES string of the molecule is CCOc1cc([C@@H]2c3c(-c4ccccc4)n[nH]c(=O)c3Nc3nnnn32)ccc1O. The predicted molar refractivity (Wildman–Crippen MR) is 108 cm³/mol. The van der Waals surface area contributed by atoms with Crippen LogP contribution in [-0.2, 0) is 0 Å². The van der Waals surface area contributed by atoms with Gasteiger partial charge in [0.25, 0.3) is 5.56 Å². The number of rotatable bonds is 4. The fourth-order valence-corrected chi connectivity index (χ4v) is 3.63. The molecule has 4 aromatic rings. The molecule has 1 aliphatic heterocycles. The summed E-state index contributed by atoms with van der Waals surface area (Å²) in [5.41, 5.74) is 2.72. The zero-order valence-electron chi connectivity index (χ0n) is 15.9. The van der Waals surface area contributed by atoms with Gasteiger partial charge >= 0.3 is 0 Å². The van der Waals surface area contributed by atoms with Crippen LogP contribution in [0, 0.1) is 0 Å². The number of fused-ring (bicyclic) bond motifs is 2. The van der Waals surface area contributed by atoms with Gasteiger partial charge in [0.15, 0.2) is 11.5 Å². The number of anilines is 2. The number of hydrogen-bond acceptors (Lipinski definition) is 8. The van der Waals surface area contributed by atoms with Crippen molar-refractivity contribution in [3.63, 3.8) is 0 Å². The van der Waals surface area contributed by atoms with Gasteiger partial charge in [0.2, 0.25) is 5.95 Å². The highest BCUT2D eigenvalue weighted by atomic mass is 16.5. The van der Waals surface area contributed by atoms with Gasteiger partial charge in [-0.2, -0.15) is 9.78 Å². The second-order valence-corrected chi connectivity index (χ2v) is 6.69. The Morgan fingerprint density at radius 2 is 2.03 bits per heavy atom. The second-order valence-electron chi connectivity index (χ2n) is 6.69. The summed E-state index contributed by atoms with van der Waals surface area (Å²) in [6, 6.07) is 14.0. The summed E-state index contributed by atoms with van der Waals surface area (Å²) in [6.45, 7) is 2.23. The van der Waals surface area contributed by atoms with Crippen molar-refractivity contribution in [1.82, 2.24) is 30.4 Å². The molecule has 10 nitrogen and oxygen atoms in total. The fourth-order valence-electron chi connectivity index (χ4n) is 3.63. The summed E-state index contributed by atoms with van der Waals surface area (Å²) in [5.74, 6) is 0.692. The Labute approximate surface area is 170 Å². The number of phenolic OH excluding ortho intramolecular Hbond substituents is 1. The smallest absolute Gasteiger partial charge is 0.288 e. The number of H-pyrrole nitrogens is 1. The molecule has 2 aromatic carbocycles. The van der Waals surface area contributed by atoms with E-state index < -0.39 is 6.04 Å². The first kappa shape index (κ1) is 17.9. The van der Waals surface area contributed by atoms with E-state index in [1.165, 1.54) is 0 Å². The van der Waals surface area contributed by atoms with Gasteiger partial charge < -0.3 is 15.2 Å². The van der Waals surface area contributed by atoms with E-state index in [9.17, 15) is 9.90 Å². The molecule has 150 valence electrons. The Hall–Kier alpha value is -4.21. The zero-order chi connectivity index (χ0) is 20.7. The fraction of sp³-hybridized carbons (Fsp3) is 0.150. The lowest BCUT2D eigenvalue weighted by atomic mass is 9.92. The van der Waals surface area contributed by atoms with E-state index in [-0.39, 0.29) is 11.3 Å². The Bertz CT molecular complexity index is 1280. The monoisotopic (exact) mass is 403 g/mol. The van der Waals surface area contributed by atoms with Crippen LogP contribution in [0.25, 0.3) is 11.3 Å². The molecule has 0 amide bonds. The maximum absolute atomic E-state index is 12.7. The minimum atomic E-state index is -0.559. The normalized spacial score (nSPS) is 14.5. The molecule has 0 radical (unpaired) electrons. The first-order chi connectivity index (χ1) is 14.7. The van der Waals surface area contributed by atoms with Gasteiger partial charge in [-0.15, -0.1) is 0 Å². The van der Waals surface area contributed by atoms with E-state index in [0.717, 1.165) is 11.1 Å². The third-order valence-electron chi connectivity index (χ3n) is 4.92. The van der Waals surface area contributed by atoms with Crippen LogP contribution in [0.4, 0.5) is 11.6 Å². The van der Waals surface area contributed by atoms with Crippen molar-refractivity contribution in [2.75, 3.05) is 11.9 Å². The van der Waals surface area contributed by atoms with Crippen molar-refractivity contribution in [1.29, 1.82) is 0 Å². The number of ether oxygens (including phenoxy) is 1. The zero-order valence-corrected chi connectivity index (χ0v) is 15.9. The molecule has 0 spiro atoms. The number of nitrogens with one attached hydrogen (secondary N) is 2. The predicted octanol–water partition coefficient (Wildman–Crippen LogP) is 2.22. The van der Waals surface area contributed by atoms with Crippen LogP contribution in [0.15, 0.2) is 53.3 Å². The van der Waals surface area contributed by atoms with Crippen LogP contribution in [0.5, 0.6) is 11.5 Å². The molecule has 0 saturated heterocycles. The van der Waals surface area contributed by atoms with E-state index >= 15 is 0 Å². The lowest BCUT2D eigenvalue weighted by Crippen LogP contribution is -2.29. The Balaban J connectivity index is 1.79. The topological polar surface area (TPSA) is 131 Å². The maximum atomic E-state index is 12.7. The van der Waals surface area contributed by atoms with Gasteiger partial charge in [-0.05, 0) is 35.0 Å². The van der Waals surface area contributed by atoms with Crippen molar-refractivity contribution in [3.05, 3.63) is 70.0 Å². The number of aromatic amines is 1. The number of benzene rings is 2. The summed E-state index contributed by atoms with van der Waals surface area (Å²) in [7, 11) is 0. The van der Waals surface area contributed by atoms with Crippen LogP contribution in [0.3, 0.4) is 0 Å². The van der Waals surface area contributed by atoms with Gasteiger partial charge in [-0.3, -0.25) is 4.79 Å². The van der Waals surface area contributed by atoms with Crippen molar-refractivity contribution in [2.24, 2.45) is 0 Å². The first-order valence-electron chi connectivity index (χ1n) is 9.36. The lowest BCUT2D eigenvalue weighted by molar-refractivity contribution is 0.317. The third kappa shape index (κ3) is 2.77. The summed E-state index contributed by atoms with van der Waals surface area (Å²) < 4.78 is 7.14. The van der Waals surface area contributed by atoms with Gasteiger partial charge in [0.1, 0.15) is 11.7 Å². The Morgan fingerprint density at radius 1 is 1.20 bits per heavy atom. The molecule has 0 bridgehead atoms. The summed E-state index contributed by atoms with van der Waals surface area (Å²) in [6.07, 6.45) is 0. The number of hydrogen-bond donors (Lipinski definition) is 3. The maximum Gasteiger partial charge on any atom is 0.288 e. The molecule has 0 unspecified atom stereocenters.